The molecule has 0 heterocycles. The quantitative estimate of drug-likeness (QED) is 0.258. The third-order valence-corrected chi connectivity index (χ3v) is 2.63. The van der Waals surface area contributed by atoms with Crippen LogP contribution in [-0.2, 0) is 0 Å². The lowest BCUT2D eigenvalue weighted by molar-refractivity contribution is 0.821. The van der Waals surface area contributed by atoms with Crippen LogP contribution in [0.3, 0.4) is 0 Å². The first-order valence-corrected chi connectivity index (χ1v) is 5.72. The summed E-state index contributed by atoms with van der Waals surface area (Å²) in [5.74, 6) is 0. The van der Waals surface area contributed by atoms with Crippen molar-refractivity contribution in [3.05, 3.63) is 36.0 Å². The van der Waals surface area contributed by atoms with E-state index in [1.54, 1.807) is 0 Å². The fourth-order valence-electron chi connectivity index (χ4n) is 1.60. The van der Waals surface area contributed by atoms with Crippen LogP contribution in [0.4, 0.5) is 0 Å². The van der Waals surface area contributed by atoms with Crippen molar-refractivity contribution in [3.63, 3.8) is 0 Å². The Morgan fingerprint density at radius 2 is 1.93 bits per heavy atom. The van der Waals surface area contributed by atoms with E-state index in [1.165, 1.54) is 17.4 Å². The standard InChI is InChI=1S/C14H23N/c1-5-8-9-10-14(12(4)6-2)13(7-3)11-15/h5,11,15H,1,4,6-10H2,2-3H3/b14-13-,15-11?. The zero-order valence-corrected chi connectivity index (χ0v) is 10.1. The summed E-state index contributed by atoms with van der Waals surface area (Å²) in [4.78, 5) is 0. The Hall–Kier alpha value is -1.11. The number of hydrogen-bond donors (Lipinski definition) is 1. The van der Waals surface area contributed by atoms with Gasteiger partial charge in [-0.15, -0.1) is 6.58 Å². The molecule has 0 atom stereocenters. The van der Waals surface area contributed by atoms with Gasteiger partial charge in [0.2, 0.25) is 0 Å². The summed E-state index contributed by atoms with van der Waals surface area (Å²) in [5.41, 5.74) is 3.60. The van der Waals surface area contributed by atoms with Crippen molar-refractivity contribution >= 4 is 6.21 Å². The lowest BCUT2D eigenvalue weighted by atomic mass is 9.93. The maximum Gasteiger partial charge on any atom is 0.0212 e. The highest BCUT2D eigenvalue weighted by Crippen LogP contribution is 2.23. The highest BCUT2D eigenvalue weighted by atomic mass is 14.3. The molecule has 0 aromatic carbocycles. The molecule has 0 bridgehead atoms. The summed E-state index contributed by atoms with van der Waals surface area (Å²) in [7, 11) is 0. The Morgan fingerprint density at radius 1 is 1.27 bits per heavy atom. The normalized spacial score (nSPS) is 11.9. The molecule has 0 radical (unpaired) electrons. The van der Waals surface area contributed by atoms with Crippen LogP contribution in [0.25, 0.3) is 0 Å². The predicted octanol–water partition coefficient (Wildman–Crippen LogP) is 4.67. The van der Waals surface area contributed by atoms with Crippen molar-refractivity contribution in [1.82, 2.24) is 0 Å². The summed E-state index contributed by atoms with van der Waals surface area (Å²) in [6.07, 6.45) is 8.49. The molecule has 0 unspecified atom stereocenters. The minimum atomic E-state index is 0.923. The maximum absolute atomic E-state index is 7.40. The number of hydrogen-bond acceptors (Lipinski definition) is 1. The molecular formula is C14H23N. The molecule has 0 amide bonds. The van der Waals surface area contributed by atoms with E-state index in [-0.39, 0.29) is 0 Å². The van der Waals surface area contributed by atoms with Crippen molar-refractivity contribution in [1.29, 1.82) is 5.41 Å². The lowest BCUT2D eigenvalue weighted by Gasteiger charge is -2.12. The Bertz CT molecular complexity index is 259. The Labute approximate surface area is 94.1 Å². The molecule has 1 heteroatoms. The molecule has 0 spiro atoms. The Morgan fingerprint density at radius 3 is 2.33 bits per heavy atom. The highest BCUT2D eigenvalue weighted by Gasteiger charge is 2.05. The molecular weight excluding hydrogens is 182 g/mol. The average molecular weight is 205 g/mol. The Kier molecular flexibility index (Phi) is 7.61. The number of nitrogens with one attached hydrogen (secondary N) is 1. The van der Waals surface area contributed by atoms with Crippen molar-refractivity contribution < 1.29 is 0 Å². The smallest absolute Gasteiger partial charge is 0.0212 e. The van der Waals surface area contributed by atoms with E-state index < -0.39 is 0 Å². The molecule has 15 heavy (non-hydrogen) atoms. The van der Waals surface area contributed by atoms with E-state index in [0.29, 0.717) is 0 Å². The molecule has 1 N–H and O–H groups in total. The minimum absolute atomic E-state index is 0.923. The molecule has 0 saturated carbocycles. The third kappa shape index (κ3) is 4.78. The van der Waals surface area contributed by atoms with Gasteiger partial charge in [-0.2, -0.15) is 0 Å². The molecule has 0 aliphatic rings. The molecule has 1 nitrogen and oxygen atoms in total. The van der Waals surface area contributed by atoms with Gasteiger partial charge in [-0.1, -0.05) is 32.1 Å². The molecule has 0 saturated heterocycles. The number of allylic oxidation sites excluding steroid dienone is 4. The number of rotatable bonds is 8. The van der Waals surface area contributed by atoms with Gasteiger partial charge in [-0.3, -0.25) is 0 Å². The second-order valence-corrected chi connectivity index (χ2v) is 3.64. The van der Waals surface area contributed by atoms with Crippen molar-refractivity contribution in [2.24, 2.45) is 0 Å². The van der Waals surface area contributed by atoms with Crippen LogP contribution >= 0.6 is 0 Å². The zero-order chi connectivity index (χ0) is 11.7. The molecule has 0 aromatic heterocycles. The summed E-state index contributed by atoms with van der Waals surface area (Å²) < 4.78 is 0. The van der Waals surface area contributed by atoms with E-state index in [2.05, 4.69) is 27.0 Å². The van der Waals surface area contributed by atoms with Crippen LogP contribution < -0.4 is 0 Å². The third-order valence-electron chi connectivity index (χ3n) is 2.63. The van der Waals surface area contributed by atoms with Gasteiger partial charge in [0.1, 0.15) is 0 Å². The Balaban J connectivity index is 4.70. The van der Waals surface area contributed by atoms with Crippen LogP contribution in [0.2, 0.25) is 0 Å². The highest BCUT2D eigenvalue weighted by molar-refractivity contribution is 5.78. The van der Waals surface area contributed by atoms with Gasteiger partial charge >= 0.3 is 0 Å². The van der Waals surface area contributed by atoms with Crippen molar-refractivity contribution in [2.45, 2.75) is 46.0 Å². The summed E-state index contributed by atoms with van der Waals surface area (Å²) in [6.45, 7) is 12.0. The van der Waals surface area contributed by atoms with E-state index in [4.69, 9.17) is 5.41 Å². The largest absolute Gasteiger partial charge is 0.308 e. The van der Waals surface area contributed by atoms with Crippen LogP contribution in [-0.4, -0.2) is 6.21 Å². The van der Waals surface area contributed by atoms with E-state index >= 15 is 0 Å². The van der Waals surface area contributed by atoms with Crippen LogP contribution in [0.1, 0.15) is 46.0 Å². The van der Waals surface area contributed by atoms with Gasteiger partial charge in [-0.25, -0.2) is 0 Å². The van der Waals surface area contributed by atoms with Gasteiger partial charge in [0.05, 0.1) is 0 Å². The molecule has 84 valence electrons. The molecule has 0 aromatic rings. The monoisotopic (exact) mass is 205 g/mol. The zero-order valence-electron chi connectivity index (χ0n) is 10.1. The van der Waals surface area contributed by atoms with E-state index in [9.17, 15) is 0 Å². The maximum atomic E-state index is 7.40. The SMILES string of the molecule is C=CCCC/C(C(=C)CC)=C(/C=N)CC. The van der Waals surface area contributed by atoms with Crippen LogP contribution in [0, 0.1) is 5.41 Å². The summed E-state index contributed by atoms with van der Waals surface area (Å²) in [6, 6.07) is 0. The van der Waals surface area contributed by atoms with Gasteiger partial charge in [0.15, 0.2) is 0 Å². The minimum Gasteiger partial charge on any atom is -0.308 e. The van der Waals surface area contributed by atoms with Crippen LogP contribution in [0.15, 0.2) is 36.0 Å². The average Bonchev–Trinajstić information content (AvgIpc) is 2.27. The van der Waals surface area contributed by atoms with E-state index in [0.717, 1.165) is 37.7 Å². The molecule has 0 aliphatic heterocycles. The van der Waals surface area contributed by atoms with Gasteiger partial charge in [0.25, 0.3) is 0 Å². The van der Waals surface area contributed by atoms with Gasteiger partial charge < -0.3 is 5.41 Å². The fraction of sp³-hybridized carbons (Fsp3) is 0.500. The molecule has 0 aliphatic carbocycles. The molecule has 0 rings (SSSR count). The lowest BCUT2D eigenvalue weighted by Crippen LogP contribution is -1.96. The summed E-state index contributed by atoms with van der Waals surface area (Å²) >= 11 is 0. The van der Waals surface area contributed by atoms with Gasteiger partial charge in [0, 0.05) is 6.21 Å². The number of unbranched alkanes of at least 4 members (excludes halogenated alkanes) is 1. The predicted molar refractivity (Wildman–Crippen MR) is 69.6 cm³/mol. The van der Waals surface area contributed by atoms with Crippen molar-refractivity contribution in [3.8, 4) is 0 Å². The fourth-order valence-corrected chi connectivity index (χ4v) is 1.60. The first-order valence-electron chi connectivity index (χ1n) is 5.72. The van der Waals surface area contributed by atoms with Crippen LogP contribution in [0.5, 0.6) is 0 Å². The van der Waals surface area contributed by atoms with Crippen molar-refractivity contribution in [2.75, 3.05) is 0 Å². The molecule has 0 fully saturated rings. The second kappa shape index (κ2) is 8.22. The second-order valence-electron chi connectivity index (χ2n) is 3.64. The van der Waals surface area contributed by atoms with E-state index in [1.807, 2.05) is 6.08 Å². The first-order chi connectivity index (χ1) is 7.21. The topological polar surface area (TPSA) is 23.9 Å². The summed E-state index contributed by atoms with van der Waals surface area (Å²) in [5, 5.41) is 7.40. The first kappa shape index (κ1) is 13.9. The van der Waals surface area contributed by atoms with Gasteiger partial charge in [-0.05, 0) is 43.3 Å².